The van der Waals surface area contributed by atoms with Gasteiger partial charge in [-0.1, -0.05) is 18.2 Å². The largest absolute Gasteiger partial charge is 0.370 e. The molecule has 110 valence electrons. The van der Waals surface area contributed by atoms with Crippen molar-refractivity contribution in [3.05, 3.63) is 34.9 Å². The lowest BCUT2D eigenvalue weighted by Gasteiger charge is -2.13. The number of halogens is 1. The van der Waals surface area contributed by atoms with Gasteiger partial charge in [0.1, 0.15) is 0 Å². The summed E-state index contributed by atoms with van der Waals surface area (Å²) in [5, 5.41) is 0. The molecule has 2 rings (SSSR count). The molecule has 0 radical (unpaired) electrons. The SMILES string of the molecule is Cl.NC(N)=NCC(N=C(N)N)c1ccc2c(c1)CCC2. The minimum atomic E-state index is -0.238. The van der Waals surface area contributed by atoms with Crippen molar-refractivity contribution in [1.82, 2.24) is 0 Å². The standard InChI is InChI=1S/C13H20N6.ClH/c14-12(15)18-7-11(19-13(16)17)10-5-4-8-2-1-3-9(8)6-10;/h4-6,11H,1-3,7H2,(H4,14,15,18)(H4,16,17,19);1H. The van der Waals surface area contributed by atoms with Crippen LogP contribution in [0.4, 0.5) is 0 Å². The maximum absolute atomic E-state index is 5.47. The Morgan fingerprint density at radius 2 is 1.75 bits per heavy atom. The molecule has 20 heavy (non-hydrogen) atoms. The predicted molar refractivity (Wildman–Crippen MR) is 84.9 cm³/mol. The molecule has 1 aromatic carbocycles. The zero-order valence-corrected chi connectivity index (χ0v) is 12.1. The fraction of sp³-hybridized carbons (Fsp3) is 0.385. The van der Waals surface area contributed by atoms with Gasteiger partial charge in [-0.05, 0) is 36.0 Å². The molecule has 0 spiro atoms. The number of hydrogen-bond acceptors (Lipinski definition) is 2. The Hall–Kier alpha value is -1.95. The van der Waals surface area contributed by atoms with Crippen LogP contribution in [0.3, 0.4) is 0 Å². The van der Waals surface area contributed by atoms with Crippen molar-refractivity contribution in [3.8, 4) is 0 Å². The Morgan fingerprint density at radius 3 is 2.40 bits per heavy atom. The van der Waals surface area contributed by atoms with E-state index in [-0.39, 0.29) is 30.4 Å². The summed E-state index contributed by atoms with van der Waals surface area (Å²) in [5.41, 5.74) is 25.5. The molecule has 1 aliphatic carbocycles. The normalized spacial score (nSPS) is 13.8. The summed E-state index contributed by atoms with van der Waals surface area (Å²) in [5.74, 6) is 0.0771. The highest BCUT2D eigenvalue weighted by atomic mass is 35.5. The van der Waals surface area contributed by atoms with Crippen LogP contribution >= 0.6 is 12.4 Å². The van der Waals surface area contributed by atoms with Gasteiger partial charge in [0.05, 0.1) is 12.6 Å². The second-order valence-corrected chi connectivity index (χ2v) is 4.72. The number of fused-ring (bicyclic) bond motifs is 1. The van der Waals surface area contributed by atoms with E-state index in [1.54, 1.807) is 0 Å². The number of rotatable bonds is 4. The molecule has 1 aliphatic rings. The molecular formula is C13H21ClN6. The molecular weight excluding hydrogens is 276 g/mol. The molecule has 0 aliphatic heterocycles. The molecule has 1 aromatic rings. The van der Waals surface area contributed by atoms with Crippen LogP contribution in [0.15, 0.2) is 28.2 Å². The number of aryl methyl sites for hydroxylation is 2. The van der Waals surface area contributed by atoms with E-state index in [0.717, 1.165) is 18.4 Å². The molecule has 0 aromatic heterocycles. The minimum absolute atomic E-state index is 0. The third kappa shape index (κ3) is 4.03. The summed E-state index contributed by atoms with van der Waals surface area (Å²) in [6.07, 6.45) is 3.47. The Labute approximate surface area is 124 Å². The highest BCUT2D eigenvalue weighted by Gasteiger charge is 2.15. The monoisotopic (exact) mass is 296 g/mol. The maximum Gasteiger partial charge on any atom is 0.186 e. The summed E-state index contributed by atoms with van der Waals surface area (Å²) in [6.45, 7) is 0.346. The molecule has 7 heteroatoms. The molecule has 0 fully saturated rings. The van der Waals surface area contributed by atoms with Gasteiger partial charge in [-0.15, -0.1) is 12.4 Å². The van der Waals surface area contributed by atoms with Crippen molar-refractivity contribution < 1.29 is 0 Å². The van der Waals surface area contributed by atoms with Crippen LogP contribution in [0.25, 0.3) is 0 Å². The van der Waals surface area contributed by atoms with Crippen molar-refractivity contribution in [2.75, 3.05) is 6.54 Å². The number of hydrogen-bond donors (Lipinski definition) is 4. The molecule has 1 unspecified atom stereocenters. The average Bonchev–Trinajstić information content (AvgIpc) is 2.80. The van der Waals surface area contributed by atoms with Gasteiger partial charge in [0.15, 0.2) is 11.9 Å². The van der Waals surface area contributed by atoms with E-state index >= 15 is 0 Å². The number of aliphatic imine (C=N–C) groups is 2. The summed E-state index contributed by atoms with van der Waals surface area (Å²) in [6, 6.07) is 6.10. The maximum atomic E-state index is 5.47. The Morgan fingerprint density at radius 1 is 1.05 bits per heavy atom. The fourth-order valence-corrected chi connectivity index (χ4v) is 2.39. The first kappa shape index (κ1) is 16.1. The van der Waals surface area contributed by atoms with Crippen LogP contribution in [0.1, 0.15) is 29.2 Å². The second kappa shape index (κ2) is 7.00. The van der Waals surface area contributed by atoms with E-state index in [1.165, 1.54) is 17.5 Å². The fourth-order valence-electron chi connectivity index (χ4n) is 2.39. The van der Waals surface area contributed by atoms with E-state index in [2.05, 4.69) is 22.1 Å². The highest BCUT2D eigenvalue weighted by molar-refractivity contribution is 5.85. The van der Waals surface area contributed by atoms with Gasteiger partial charge < -0.3 is 22.9 Å². The smallest absolute Gasteiger partial charge is 0.186 e. The van der Waals surface area contributed by atoms with E-state index in [4.69, 9.17) is 22.9 Å². The summed E-state index contributed by atoms with van der Waals surface area (Å²) in [4.78, 5) is 8.20. The summed E-state index contributed by atoms with van der Waals surface area (Å²) < 4.78 is 0. The van der Waals surface area contributed by atoms with Gasteiger partial charge in [0.25, 0.3) is 0 Å². The van der Waals surface area contributed by atoms with Crippen molar-refractivity contribution >= 4 is 24.3 Å². The Kier molecular flexibility index (Phi) is 5.64. The molecule has 0 amide bonds. The third-order valence-corrected chi connectivity index (χ3v) is 3.26. The summed E-state index contributed by atoms with van der Waals surface area (Å²) in [7, 11) is 0. The quantitative estimate of drug-likeness (QED) is 0.467. The van der Waals surface area contributed by atoms with Crippen LogP contribution in [0.5, 0.6) is 0 Å². The summed E-state index contributed by atoms with van der Waals surface area (Å²) >= 11 is 0. The molecule has 0 heterocycles. The number of benzene rings is 1. The number of nitrogens with two attached hydrogens (primary N) is 4. The molecule has 1 atom stereocenters. The highest BCUT2D eigenvalue weighted by Crippen LogP contribution is 2.27. The predicted octanol–water partition coefficient (Wildman–Crippen LogP) is 0.185. The topological polar surface area (TPSA) is 129 Å². The van der Waals surface area contributed by atoms with Gasteiger partial charge in [0.2, 0.25) is 0 Å². The van der Waals surface area contributed by atoms with Crippen molar-refractivity contribution in [3.63, 3.8) is 0 Å². The molecule has 0 saturated heterocycles. The van der Waals surface area contributed by atoms with Crippen molar-refractivity contribution in [2.24, 2.45) is 32.9 Å². The first-order valence-electron chi connectivity index (χ1n) is 6.32. The van der Waals surface area contributed by atoms with Gasteiger partial charge in [-0.2, -0.15) is 0 Å². The molecule has 6 nitrogen and oxygen atoms in total. The average molecular weight is 297 g/mol. The lowest BCUT2D eigenvalue weighted by Crippen LogP contribution is -2.26. The zero-order valence-electron chi connectivity index (χ0n) is 11.2. The van der Waals surface area contributed by atoms with Crippen LogP contribution < -0.4 is 22.9 Å². The minimum Gasteiger partial charge on any atom is -0.370 e. The molecule has 0 saturated carbocycles. The lowest BCUT2D eigenvalue weighted by atomic mass is 10.0. The van der Waals surface area contributed by atoms with Gasteiger partial charge >= 0.3 is 0 Å². The number of nitrogens with zero attached hydrogens (tertiary/aromatic N) is 2. The van der Waals surface area contributed by atoms with E-state index in [1.807, 2.05) is 6.07 Å². The van der Waals surface area contributed by atoms with E-state index in [0.29, 0.717) is 6.54 Å². The Bertz CT molecular complexity index is 518. The van der Waals surface area contributed by atoms with Crippen LogP contribution in [0, 0.1) is 0 Å². The first-order valence-corrected chi connectivity index (χ1v) is 6.32. The van der Waals surface area contributed by atoms with Crippen molar-refractivity contribution in [2.45, 2.75) is 25.3 Å². The third-order valence-electron chi connectivity index (χ3n) is 3.26. The van der Waals surface area contributed by atoms with E-state index < -0.39 is 0 Å². The molecule has 8 N–H and O–H groups in total. The van der Waals surface area contributed by atoms with Gasteiger partial charge in [-0.25, -0.2) is 4.99 Å². The first-order chi connectivity index (χ1) is 9.06. The Balaban J connectivity index is 0.00000200. The van der Waals surface area contributed by atoms with Crippen LogP contribution in [-0.2, 0) is 12.8 Å². The molecule has 0 bridgehead atoms. The van der Waals surface area contributed by atoms with Gasteiger partial charge in [0, 0.05) is 0 Å². The van der Waals surface area contributed by atoms with Crippen LogP contribution in [-0.4, -0.2) is 18.5 Å². The lowest BCUT2D eigenvalue weighted by molar-refractivity contribution is 0.735. The van der Waals surface area contributed by atoms with Gasteiger partial charge in [-0.3, -0.25) is 4.99 Å². The van der Waals surface area contributed by atoms with Crippen LogP contribution in [0.2, 0.25) is 0 Å². The van der Waals surface area contributed by atoms with E-state index in [9.17, 15) is 0 Å². The zero-order chi connectivity index (χ0) is 13.8. The number of guanidine groups is 2. The second-order valence-electron chi connectivity index (χ2n) is 4.72. The van der Waals surface area contributed by atoms with Crippen molar-refractivity contribution in [1.29, 1.82) is 0 Å².